The molecule has 0 aromatic carbocycles. The summed E-state index contributed by atoms with van der Waals surface area (Å²) >= 11 is 0. The molecule has 4 heterocycles. The fourth-order valence-corrected chi connectivity index (χ4v) is 3.85. The summed E-state index contributed by atoms with van der Waals surface area (Å²) in [6.45, 7) is 5.79. The number of carbonyl (C=O) groups excluding carboxylic acids is 1. The molecule has 30 heavy (non-hydrogen) atoms. The summed E-state index contributed by atoms with van der Waals surface area (Å²) in [5.41, 5.74) is 12.5. The van der Waals surface area contributed by atoms with Crippen molar-refractivity contribution in [2.45, 2.75) is 45.3 Å². The average Bonchev–Trinajstić information content (AvgIpc) is 3.32. The number of carbonyl (C=O) groups is 1. The van der Waals surface area contributed by atoms with E-state index in [0.717, 1.165) is 30.8 Å². The molecule has 1 amide bonds. The van der Waals surface area contributed by atoms with Gasteiger partial charge in [0.25, 0.3) is 0 Å². The maximum Gasteiger partial charge on any atom is 0.240 e. The second kappa shape index (κ2) is 8.13. The van der Waals surface area contributed by atoms with Crippen LogP contribution >= 0.6 is 0 Å². The lowest BCUT2D eigenvalue weighted by Crippen LogP contribution is -2.40. The third-order valence-corrected chi connectivity index (χ3v) is 5.14. The summed E-state index contributed by atoms with van der Waals surface area (Å²) in [5, 5.41) is 0. The van der Waals surface area contributed by atoms with Crippen LogP contribution in [0.2, 0.25) is 0 Å². The second-order valence-electron chi connectivity index (χ2n) is 7.61. The van der Waals surface area contributed by atoms with Crippen LogP contribution in [-0.2, 0) is 11.3 Å². The first-order valence-electron chi connectivity index (χ1n) is 10.1. The van der Waals surface area contributed by atoms with Gasteiger partial charge in [-0.05, 0) is 26.7 Å². The molecule has 0 unspecified atom stereocenters. The number of aromatic nitrogens is 3. The minimum absolute atomic E-state index is 0.0590. The summed E-state index contributed by atoms with van der Waals surface area (Å²) < 4.78 is 7.98. The normalized spacial score (nSPS) is 19.0. The number of hydrogen-bond donors (Lipinski definition) is 2. The highest BCUT2D eigenvalue weighted by Crippen LogP contribution is 2.35. The Kier molecular flexibility index (Phi) is 5.39. The Morgan fingerprint density at radius 1 is 1.40 bits per heavy atom. The molecule has 2 aromatic heterocycles. The summed E-state index contributed by atoms with van der Waals surface area (Å²) in [6, 6.07) is 1.59. The van der Waals surface area contributed by atoms with Gasteiger partial charge in [0, 0.05) is 31.0 Å². The fourth-order valence-electron chi connectivity index (χ4n) is 3.85. The van der Waals surface area contributed by atoms with Crippen molar-refractivity contribution in [1.82, 2.24) is 14.5 Å². The van der Waals surface area contributed by atoms with Gasteiger partial charge in [-0.15, -0.1) is 0 Å². The van der Waals surface area contributed by atoms with Crippen LogP contribution in [0.15, 0.2) is 28.4 Å². The zero-order chi connectivity index (χ0) is 21.3. The molecular weight excluding hydrogens is 384 g/mol. The predicted molar refractivity (Wildman–Crippen MR) is 115 cm³/mol. The number of nitrogens with zero attached hydrogens (tertiary/aromatic N) is 6. The van der Waals surface area contributed by atoms with Gasteiger partial charge in [0.2, 0.25) is 5.91 Å². The van der Waals surface area contributed by atoms with Crippen LogP contribution < -0.4 is 21.1 Å². The van der Waals surface area contributed by atoms with Crippen molar-refractivity contribution >= 4 is 23.9 Å². The quantitative estimate of drug-likeness (QED) is 0.568. The zero-order valence-corrected chi connectivity index (χ0v) is 17.2. The molecule has 1 saturated heterocycles. The molecule has 1 atom stereocenters. The van der Waals surface area contributed by atoms with Gasteiger partial charge in [0.1, 0.15) is 35.7 Å². The van der Waals surface area contributed by atoms with Crippen LogP contribution in [0.25, 0.3) is 11.4 Å². The fraction of sp³-hybridized carbons (Fsp3) is 0.450. The number of fused-ring (bicyclic) bond motifs is 3. The van der Waals surface area contributed by atoms with E-state index in [0.29, 0.717) is 36.2 Å². The summed E-state index contributed by atoms with van der Waals surface area (Å²) in [7, 11) is 0. The van der Waals surface area contributed by atoms with E-state index in [1.165, 1.54) is 6.34 Å². The number of imidazole rings is 1. The topological polar surface area (TPSA) is 137 Å². The average molecular weight is 410 g/mol. The Morgan fingerprint density at radius 2 is 2.23 bits per heavy atom. The van der Waals surface area contributed by atoms with Gasteiger partial charge in [-0.25, -0.2) is 15.0 Å². The number of nitrogens with two attached hydrogens (primary N) is 2. The molecule has 0 bridgehead atoms. The van der Waals surface area contributed by atoms with Crippen molar-refractivity contribution in [3.8, 4) is 17.1 Å². The van der Waals surface area contributed by atoms with Crippen LogP contribution in [-0.4, -0.2) is 57.9 Å². The number of amidine groups is 1. The smallest absolute Gasteiger partial charge is 0.240 e. The third kappa shape index (κ3) is 3.72. The molecule has 0 radical (unpaired) electrons. The molecule has 0 saturated carbocycles. The Bertz CT molecular complexity index is 1010. The van der Waals surface area contributed by atoms with Gasteiger partial charge in [-0.2, -0.15) is 0 Å². The summed E-state index contributed by atoms with van der Waals surface area (Å²) in [5.74, 6) is 2.25. The van der Waals surface area contributed by atoms with E-state index in [1.807, 2.05) is 35.6 Å². The first-order valence-corrected chi connectivity index (χ1v) is 10.1. The number of anilines is 1. The number of amides is 1. The number of primary amides is 1. The number of ether oxygens (including phenoxy) is 1. The molecule has 158 valence electrons. The highest BCUT2D eigenvalue weighted by atomic mass is 16.5. The van der Waals surface area contributed by atoms with Crippen LogP contribution in [0.5, 0.6) is 5.75 Å². The summed E-state index contributed by atoms with van der Waals surface area (Å²) in [6.07, 6.45) is 6.50. The van der Waals surface area contributed by atoms with Crippen LogP contribution in [0.4, 0.5) is 5.82 Å². The first kappa shape index (κ1) is 19.9. The molecule has 1 fully saturated rings. The third-order valence-electron chi connectivity index (χ3n) is 5.14. The maximum atomic E-state index is 11.8. The van der Waals surface area contributed by atoms with Gasteiger partial charge in [-0.3, -0.25) is 9.79 Å². The molecule has 0 aliphatic carbocycles. The highest BCUT2D eigenvalue weighted by Gasteiger charge is 2.31. The Balaban J connectivity index is 1.72. The molecule has 10 heteroatoms. The van der Waals surface area contributed by atoms with Gasteiger partial charge in [-0.1, -0.05) is 0 Å². The van der Waals surface area contributed by atoms with Crippen LogP contribution in [0, 0.1) is 0 Å². The van der Waals surface area contributed by atoms with Gasteiger partial charge in [0.15, 0.2) is 5.84 Å². The van der Waals surface area contributed by atoms with Crippen molar-refractivity contribution in [2.75, 3.05) is 18.1 Å². The first-order chi connectivity index (χ1) is 14.5. The minimum atomic E-state index is -0.334. The van der Waals surface area contributed by atoms with Crippen molar-refractivity contribution in [2.24, 2.45) is 21.5 Å². The molecule has 4 rings (SSSR count). The lowest BCUT2D eigenvalue weighted by Gasteiger charge is -2.23. The van der Waals surface area contributed by atoms with Gasteiger partial charge in [0.05, 0.1) is 18.4 Å². The van der Waals surface area contributed by atoms with E-state index < -0.39 is 0 Å². The van der Waals surface area contributed by atoms with Crippen LogP contribution in [0.3, 0.4) is 0 Å². The van der Waals surface area contributed by atoms with E-state index in [9.17, 15) is 4.79 Å². The number of pyridine rings is 1. The zero-order valence-electron chi connectivity index (χ0n) is 17.2. The highest BCUT2D eigenvalue weighted by molar-refractivity contribution is 6.01. The molecule has 4 N–H and O–H groups in total. The molecule has 0 spiro atoms. The lowest BCUT2D eigenvalue weighted by molar-refractivity contribution is -0.119. The van der Waals surface area contributed by atoms with E-state index >= 15 is 0 Å². The standard InChI is InChI=1S/C20H26N8O2/c1-12(2)25-19(24-11-21)14-10-27-6-7-30-16-8-17(23-9-13(16)20(27)26-14)28-5-3-4-15(28)18(22)29/h8-12,15H,3-7H2,1-2H3,(H2,22,29)(H2,21,24,25)/t15-/m0/s1. The van der Waals surface area contributed by atoms with Gasteiger partial charge >= 0.3 is 0 Å². The monoisotopic (exact) mass is 410 g/mol. The largest absolute Gasteiger partial charge is 0.491 e. The number of hydrogen-bond acceptors (Lipinski definition) is 6. The minimum Gasteiger partial charge on any atom is -0.491 e. The Hall–Kier alpha value is -3.43. The van der Waals surface area contributed by atoms with Crippen molar-refractivity contribution < 1.29 is 9.53 Å². The lowest BCUT2D eigenvalue weighted by atomic mass is 10.2. The Labute approximate surface area is 174 Å². The predicted octanol–water partition coefficient (Wildman–Crippen LogP) is 0.934. The molecule has 10 nitrogen and oxygen atoms in total. The van der Waals surface area contributed by atoms with E-state index in [1.54, 1.807) is 6.20 Å². The number of rotatable bonds is 4. The van der Waals surface area contributed by atoms with Crippen molar-refractivity contribution in [3.63, 3.8) is 0 Å². The molecule has 2 aliphatic heterocycles. The Morgan fingerprint density at radius 3 is 2.97 bits per heavy atom. The molecular formula is C20H26N8O2. The number of aliphatic imine (C=N–C) groups is 2. The van der Waals surface area contributed by atoms with E-state index in [4.69, 9.17) is 21.2 Å². The van der Waals surface area contributed by atoms with Crippen molar-refractivity contribution in [1.29, 1.82) is 0 Å². The summed E-state index contributed by atoms with van der Waals surface area (Å²) in [4.78, 5) is 31.7. The molecule has 2 aromatic rings. The van der Waals surface area contributed by atoms with E-state index in [-0.39, 0.29) is 18.0 Å². The van der Waals surface area contributed by atoms with E-state index in [2.05, 4.69) is 15.0 Å². The van der Waals surface area contributed by atoms with Crippen LogP contribution in [0.1, 0.15) is 32.4 Å². The van der Waals surface area contributed by atoms with Gasteiger partial charge < -0.3 is 25.7 Å². The molecule has 2 aliphatic rings. The SMILES string of the molecule is CC(C)N=C(N=CN)c1cn2c(n1)-c1cnc(N3CCC[C@H]3C(N)=O)cc1OCC2. The second-order valence-corrected chi connectivity index (χ2v) is 7.61. The maximum absolute atomic E-state index is 11.8. The van der Waals surface area contributed by atoms with Crippen molar-refractivity contribution in [3.05, 3.63) is 24.2 Å².